The average Bonchev–Trinajstić information content (AvgIpc) is 3.10. The van der Waals surface area contributed by atoms with Gasteiger partial charge in [0.2, 0.25) is 5.88 Å². The summed E-state index contributed by atoms with van der Waals surface area (Å²) in [5, 5.41) is 12.9. The summed E-state index contributed by atoms with van der Waals surface area (Å²) in [4.78, 5) is 16.5. The molecule has 4 rings (SSSR count). The summed E-state index contributed by atoms with van der Waals surface area (Å²) in [6, 6.07) is 12.7. The molecule has 0 radical (unpaired) electrons. The van der Waals surface area contributed by atoms with Crippen molar-refractivity contribution in [2.24, 2.45) is 0 Å². The Morgan fingerprint density at radius 2 is 2.12 bits per heavy atom. The van der Waals surface area contributed by atoms with E-state index in [1.54, 1.807) is 18.3 Å². The molecule has 1 aromatic carbocycles. The number of carbonyl (C=O) groups is 1. The Balaban J connectivity index is 1.35. The number of ether oxygens (including phenoxy) is 1. The quantitative estimate of drug-likeness (QED) is 0.674. The molecule has 0 fully saturated rings. The number of anilines is 1. The largest absolute Gasteiger partial charge is 0.439 e. The number of hydrogen-bond acceptors (Lipinski definition) is 4. The van der Waals surface area contributed by atoms with Crippen LogP contribution in [0.25, 0.3) is 0 Å². The number of urea groups is 1. The van der Waals surface area contributed by atoms with Crippen LogP contribution < -0.4 is 15.4 Å². The van der Waals surface area contributed by atoms with Gasteiger partial charge in [0, 0.05) is 29.7 Å². The van der Waals surface area contributed by atoms with Gasteiger partial charge in [-0.3, -0.25) is 5.10 Å². The van der Waals surface area contributed by atoms with Crippen molar-refractivity contribution in [1.82, 2.24) is 20.5 Å². The first kappa shape index (κ1) is 16.1. The van der Waals surface area contributed by atoms with E-state index >= 15 is 0 Å². The van der Waals surface area contributed by atoms with E-state index in [1.807, 2.05) is 36.5 Å². The Bertz CT molecular complexity index is 894. The Morgan fingerprint density at radius 1 is 1.23 bits per heavy atom. The summed E-state index contributed by atoms with van der Waals surface area (Å²) < 4.78 is 5.69. The van der Waals surface area contributed by atoms with Crippen molar-refractivity contribution in [3.8, 4) is 11.6 Å². The van der Waals surface area contributed by atoms with Crippen LogP contribution in [-0.4, -0.2) is 27.3 Å². The molecule has 2 amide bonds. The zero-order valence-electron chi connectivity index (χ0n) is 14.1. The molecule has 1 atom stereocenters. The van der Waals surface area contributed by atoms with Gasteiger partial charge in [-0.15, -0.1) is 0 Å². The van der Waals surface area contributed by atoms with Crippen molar-refractivity contribution in [2.45, 2.75) is 25.3 Å². The van der Waals surface area contributed by atoms with E-state index < -0.39 is 0 Å². The van der Waals surface area contributed by atoms with Gasteiger partial charge in [0.15, 0.2) is 0 Å². The van der Waals surface area contributed by atoms with Gasteiger partial charge in [0.05, 0.1) is 6.20 Å². The van der Waals surface area contributed by atoms with Crippen molar-refractivity contribution in [2.75, 3.05) is 5.32 Å². The molecule has 3 N–H and O–H groups in total. The van der Waals surface area contributed by atoms with E-state index in [4.69, 9.17) is 4.74 Å². The van der Waals surface area contributed by atoms with Crippen molar-refractivity contribution < 1.29 is 9.53 Å². The van der Waals surface area contributed by atoms with Crippen LogP contribution in [0.15, 0.2) is 54.9 Å². The number of pyridine rings is 1. The molecule has 0 spiro atoms. The molecule has 3 aromatic rings. The highest BCUT2D eigenvalue weighted by Crippen LogP contribution is 2.22. The number of nitrogens with zero attached hydrogens (tertiary/aromatic N) is 2. The fourth-order valence-electron chi connectivity index (χ4n) is 3.04. The van der Waals surface area contributed by atoms with Crippen molar-refractivity contribution in [3.63, 3.8) is 0 Å². The van der Waals surface area contributed by atoms with Gasteiger partial charge in [-0.25, -0.2) is 9.78 Å². The summed E-state index contributed by atoms with van der Waals surface area (Å²) in [6.45, 7) is 0. The summed E-state index contributed by atoms with van der Waals surface area (Å²) in [7, 11) is 0. The van der Waals surface area contributed by atoms with Crippen LogP contribution in [0, 0.1) is 0 Å². The highest BCUT2D eigenvalue weighted by Gasteiger charge is 2.21. The minimum Gasteiger partial charge on any atom is -0.439 e. The zero-order chi connectivity index (χ0) is 17.8. The number of aromatic amines is 1. The molecule has 7 nitrogen and oxygen atoms in total. The van der Waals surface area contributed by atoms with E-state index in [2.05, 4.69) is 25.8 Å². The lowest BCUT2D eigenvalue weighted by Crippen LogP contribution is -2.41. The second-order valence-corrected chi connectivity index (χ2v) is 6.21. The van der Waals surface area contributed by atoms with Crippen LogP contribution in [0.3, 0.4) is 0 Å². The number of carbonyl (C=O) groups excluding carboxylic acids is 1. The minimum atomic E-state index is -0.237. The van der Waals surface area contributed by atoms with Crippen LogP contribution in [-0.2, 0) is 12.8 Å². The van der Waals surface area contributed by atoms with E-state index in [-0.39, 0.29) is 12.1 Å². The first-order valence-corrected chi connectivity index (χ1v) is 8.54. The Labute approximate surface area is 150 Å². The zero-order valence-corrected chi connectivity index (χ0v) is 14.1. The molecule has 7 heteroatoms. The third-order valence-corrected chi connectivity index (χ3v) is 4.31. The van der Waals surface area contributed by atoms with Gasteiger partial charge in [-0.2, -0.15) is 5.10 Å². The molecule has 2 aromatic heterocycles. The first-order valence-electron chi connectivity index (χ1n) is 8.54. The van der Waals surface area contributed by atoms with Crippen LogP contribution in [0.5, 0.6) is 11.6 Å². The number of aromatic nitrogens is 3. The van der Waals surface area contributed by atoms with Crippen LogP contribution >= 0.6 is 0 Å². The lowest BCUT2D eigenvalue weighted by molar-refractivity contribution is 0.247. The van der Waals surface area contributed by atoms with E-state index in [1.165, 1.54) is 11.3 Å². The maximum atomic E-state index is 12.3. The predicted molar refractivity (Wildman–Crippen MR) is 97.3 cm³/mol. The van der Waals surface area contributed by atoms with E-state index in [9.17, 15) is 4.79 Å². The second kappa shape index (κ2) is 7.26. The van der Waals surface area contributed by atoms with Crippen molar-refractivity contribution >= 4 is 11.7 Å². The number of aryl methyl sites for hydroxylation is 1. The Morgan fingerprint density at radius 3 is 3.00 bits per heavy atom. The molecule has 0 bridgehead atoms. The van der Waals surface area contributed by atoms with Gasteiger partial charge < -0.3 is 15.4 Å². The lowest BCUT2D eigenvalue weighted by atomic mass is 9.94. The number of rotatable bonds is 4. The van der Waals surface area contributed by atoms with Gasteiger partial charge >= 0.3 is 6.03 Å². The molecule has 0 aliphatic heterocycles. The molecule has 0 saturated carbocycles. The van der Waals surface area contributed by atoms with Crippen LogP contribution in [0.4, 0.5) is 10.5 Å². The molecular formula is C19H19N5O2. The SMILES string of the molecule is O=C(Nc1ccnc(Oc2ccccc2)c1)NC1CCc2[nH]ncc2C1. The molecular weight excluding hydrogens is 330 g/mol. The standard InChI is InChI=1S/C19H19N5O2/c25-19(22-14-6-7-17-13(10-14)12-21-24-17)23-15-8-9-20-18(11-15)26-16-4-2-1-3-5-16/h1-5,8-9,11-12,14H,6-7,10H2,(H,21,24)(H2,20,22,23,25). The number of H-pyrrole nitrogens is 1. The van der Waals surface area contributed by atoms with Crippen molar-refractivity contribution in [3.05, 3.63) is 66.1 Å². The maximum Gasteiger partial charge on any atom is 0.319 e. The molecule has 1 aliphatic rings. The minimum absolute atomic E-state index is 0.0991. The predicted octanol–water partition coefficient (Wildman–Crippen LogP) is 3.28. The molecule has 0 saturated heterocycles. The normalized spacial score (nSPS) is 15.8. The molecule has 1 unspecified atom stereocenters. The van der Waals surface area contributed by atoms with Crippen LogP contribution in [0.2, 0.25) is 0 Å². The van der Waals surface area contributed by atoms with Crippen molar-refractivity contribution in [1.29, 1.82) is 0 Å². The summed E-state index contributed by atoms with van der Waals surface area (Å²) in [6.07, 6.45) is 6.01. The number of hydrogen-bond donors (Lipinski definition) is 3. The van der Waals surface area contributed by atoms with Gasteiger partial charge in [0.1, 0.15) is 5.75 Å². The lowest BCUT2D eigenvalue weighted by Gasteiger charge is -2.23. The monoisotopic (exact) mass is 349 g/mol. The molecule has 132 valence electrons. The highest BCUT2D eigenvalue weighted by atomic mass is 16.5. The third-order valence-electron chi connectivity index (χ3n) is 4.31. The fourth-order valence-corrected chi connectivity index (χ4v) is 3.04. The summed E-state index contributed by atoms with van der Waals surface area (Å²) >= 11 is 0. The Hall–Kier alpha value is -3.35. The third kappa shape index (κ3) is 3.83. The van der Waals surface area contributed by atoms with E-state index in [0.717, 1.165) is 19.3 Å². The number of benzene rings is 1. The molecule has 26 heavy (non-hydrogen) atoms. The molecule has 2 heterocycles. The topological polar surface area (TPSA) is 91.9 Å². The van der Waals surface area contributed by atoms with Gasteiger partial charge in [-0.05, 0) is 43.0 Å². The van der Waals surface area contributed by atoms with Gasteiger partial charge in [0.25, 0.3) is 0 Å². The summed E-state index contributed by atoms with van der Waals surface area (Å²) in [5.41, 5.74) is 2.97. The number of fused-ring (bicyclic) bond motifs is 1. The highest BCUT2D eigenvalue weighted by molar-refractivity contribution is 5.89. The number of amides is 2. The van der Waals surface area contributed by atoms with Crippen LogP contribution in [0.1, 0.15) is 17.7 Å². The maximum absolute atomic E-state index is 12.3. The second-order valence-electron chi connectivity index (χ2n) is 6.21. The average molecular weight is 349 g/mol. The smallest absolute Gasteiger partial charge is 0.319 e. The number of nitrogens with one attached hydrogen (secondary N) is 3. The number of para-hydroxylation sites is 1. The van der Waals surface area contributed by atoms with E-state index in [0.29, 0.717) is 17.3 Å². The fraction of sp³-hybridized carbons (Fsp3) is 0.211. The summed E-state index contributed by atoms with van der Waals surface area (Å²) in [5.74, 6) is 1.12. The van der Waals surface area contributed by atoms with Gasteiger partial charge in [-0.1, -0.05) is 18.2 Å². The molecule has 1 aliphatic carbocycles. The first-order chi connectivity index (χ1) is 12.8. The Kier molecular flexibility index (Phi) is 4.51.